The summed E-state index contributed by atoms with van der Waals surface area (Å²) in [5.74, 6) is 0.901. The van der Waals surface area contributed by atoms with Crippen LogP contribution >= 0.6 is 0 Å². The van der Waals surface area contributed by atoms with E-state index in [0.717, 1.165) is 10.8 Å². The molecular formula is C13H10O3. The number of fused-ring (bicyclic) bond motifs is 3. The number of benzene rings is 2. The molecule has 1 N–H and O–H groups in total. The molecular weight excluding hydrogens is 204 g/mol. The van der Waals surface area contributed by atoms with Gasteiger partial charge in [-0.2, -0.15) is 0 Å². The number of methoxy groups -OCH3 is 1. The zero-order valence-electron chi connectivity index (χ0n) is 8.73. The summed E-state index contributed by atoms with van der Waals surface area (Å²) in [6, 6.07) is 10.9. The van der Waals surface area contributed by atoms with E-state index in [2.05, 4.69) is 0 Å². The highest BCUT2D eigenvalue weighted by Gasteiger charge is 2.13. The van der Waals surface area contributed by atoms with Crippen LogP contribution in [0.2, 0.25) is 0 Å². The molecule has 3 aromatic rings. The number of para-hydroxylation sites is 1. The van der Waals surface area contributed by atoms with Crippen molar-refractivity contribution in [1.29, 1.82) is 0 Å². The van der Waals surface area contributed by atoms with E-state index in [9.17, 15) is 5.11 Å². The molecule has 0 aliphatic carbocycles. The third kappa shape index (κ3) is 1.08. The van der Waals surface area contributed by atoms with Gasteiger partial charge in [0.25, 0.3) is 0 Å². The number of aromatic hydroxyl groups is 1. The zero-order chi connectivity index (χ0) is 11.1. The lowest BCUT2D eigenvalue weighted by Crippen LogP contribution is -1.81. The monoisotopic (exact) mass is 214 g/mol. The fourth-order valence-electron chi connectivity index (χ4n) is 1.96. The number of rotatable bonds is 1. The Morgan fingerprint density at radius 2 is 1.94 bits per heavy atom. The Bertz CT molecular complexity index is 667. The highest BCUT2D eigenvalue weighted by molar-refractivity contribution is 6.09. The number of hydrogen-bond donors (Lipinski definition) is 1. The van der Waals surface area contributed by atoms with Gasteiger partial charge < -0.3 is 14.3 Å². The van der Waals surface area contributed by atoms with Crippen molar-refractivity contribution in [3.63, 3.8) is 0 Å². The number of furan rings is 1. The summed E-state index contributed by atoms with van der Waals surface area (Å²) in [4.78, 5) is 0. The van der Waals surface area contributed by atoms with Crippen LogP contribution in [0.25, 0.3) is 21.9 Å². The van der Waals surface area contributed by atoms with E-state index in [1.807, 2.05) is 24.3 Å². The normalized spacial score (nSPS) is 11.1. The van der Waals surface area contributed by atoms with Gasteiger partial charge in [-0.1, -0.05) is 18.2 Å². The van der Waals surface area contributed by atoms with Gasteiger partial charge in [0.05, 0.1) is 12.5 Å². The zero-order valence-corrected chi connectivity index (χ0v) is 8.73. The third-order valence-corrected chi connectivity index (χ3v) is 2.68. The Kier molecular flexibility index (Phi) is 1.80. The molecule has 0 bridgehead atoms. The molecule has 1 aromatic heterocycles. The summed E-state index contributed by atoms with van der Waals surface area (Å²) in [7, 11) is 1.60. The molecule has 0 fully saturated rings. The lowest BCUT2D eigenvalue weighted by atomic mass is 10.1. The number of ether oxygens (including phenoxy) is 1. The van der Waals surface area contributed by atoms with Crippen LogP contribution in [0.5, 0.6) is 11.5 Å². The van der Waals surface area contributed by atoms with Crippen molar-refractivity contribution in [3.05, 3.63) is 36.4 Å². The van der Waals surface area contributed by atoms with Crippen LogP contribution < -0.4 is 4.74 Å². The Balaban J connectivity index is 2.56. The van der Waals surface area contributed by atoms with Crippen LogP contribution in [0.15, 0.2) is 40.8 Å². The van der Waals surface area contributed by atoms with Crippen molar-refractivity contribution in [2.24, 2.45) is 0 Å². The summed E-state index contributed by atoms with van der Waals surface area (Å²) >= 11 is 0. The largest absolute Gasteiger partial charge is 0.507 e. The van der Waals surface area contributed by atoms with Gasteiger partial charge in [0.15, 0.2) is 11.3 Å². The predicted molar refractivity (Wildman–Crippen MR) is 61.9 cm³/mol. The summed E-state index contributed by atoms with van der Waals surface area (Å²) in [5, 5.41) is 11.4. The Morgan fingerprint density at radius 3 is 2.75 bits per heavy atom. The van der Waals surface area contributed by atoms with Crippen molar-refractivity contribution in [2.75, 3.05) is 7.11 Å². The Morgan fingerprint density at radius 1 is 1.12 bits per heavy atom. The van der Waals surface area contributed by atoms with Gasteiger partial charge in [-0.05, 0) is 18.2 Å². The average molecular weight is 214 g/mol. The molecule has 0 spiro atoms. The molecule has 3 rings (SSSR count). The molecule has 0 aliphatic rings. The van der Waals surface area contributed by atoms with Crippen LogP contribution in [-0.2, 0) is 0 Å². The second-order valence-corrected chi connectivity index (χ2v) is 3.59. The standard InChI is InChI=1S/C13H10O3/c1-15-11-7-2-4-8-12-9(14)5-3-6-10(12)16-13(8)11/h2-7,14H,1H3. The molecule has 0 radical (unpaired) electrons. The average Bonchev–Trinajstić information content (AvgIpc) is 2.68. The van der Waals surface area contributed by atoms with Crippen LogP contribution in [0, 0.1) is 0 Å². The van der Waals surface area contributed by atoms with Gasteiger partial charge in [-0.25, -0.2) is 0 Å². The van der Waals surface area contributed by atoms with E-state index < -0.39 is 0 Å². The van der Waals surface area contributed by atoms with E-state index in [0.29, 0.717) is 16.9 Å². The molecule has 3 nitrogen and oxygen atoms in total. The van der Waals surface area contributed by atoms with Crippen LogP contribution in [-0.4, -0.2) is 12.2 Å². The Labute approximate surface area is 91.9 Å². The molecule has 0 aliphatic heterocycles. The van der Waals surface area contributed by atoms with Gasteiger partial charge in [-0.3, -0.25) is 0 Å². The lowest BCUT2D eigenvalue weighted by Gasteiger charge is -1.98. The maximum absolute atomic E-state index is 9.82. The maximum Gasteiger partial charge on any atom is 0.177 e. The van der Waals surface area contributed by atoms with E-state index in [1.54, 1.807) is 19.2 Å². The molecule has 0 unspecified atom stereocenters. The highest BCUT2D eigenvalue weighted by Crippen LogP contribution is 2.38. The van der Waals surface area contributed by atoms with E-state index in [1.165, 1.54) is 0 Å². The summed E-state index contributed by atoms with van der Waals surface area (Å²) in [6.45, 7) is 0. The first kappa shape index (κ1) is 9.09. The molecule has 16 heavy (non-hydrogen) atoms. The summed E-state index contributed by atoms with van der Waals surface area (Å²) in [6.07, 6.45) is 0. The minimum Gasteiger partial charge on any atom is -0.507 e. The van der Waals surface area contributed by atoms with E-state index in [-0.39, 0.29) is 5.75 Å². The predicted octanol–water partition coefficient (Wildman–Crippen LogP) is 3.30. The van der Waals surface area contributed by atoms with Crippen molar-refractivity contribution >= 4 is 21.9 Å². The van der Waals surface area contributed by atoms with Crippen molar-refractivity contribution in [1.82, 2.24) is 0 Å². The van der Waals surface area contributed by atoms with Crippen LogP contribution in [0.4, 0.5) is 0 Å². The van der Waals surface area contributed by atoms with Gasteiger partial charge in [-0.15, -0.1) is 0 Å². The van der Waals surface area contributed by atoms with Gasteiger partial charge in [0.2, 0.25) is 0 Å². The van der Waals surface area contributed by atoms with Gasteiger partial charge in [0.1, 0.15) is 11.3 Å². The van der Waals surface area contributed by atoms with Crippen molar-refractivity contribution < 1.29 is 14.3 Å². The second-order valence-electron chi connectivity index (χ2n) is 3.59. The lowest BCUT2D eigenvalue weighted by molar-refractivity contribution is 0.412. The molecule has 0 saturated heterocycles. The van der Waals surface area contributed by atoms with Crippen LogP contribution in [0.3, 0.4) is 0 Å². The molecule has 0 amide bonds. The first-order chi connectivity index (χ1) is 7.81. The number of phenolic OH excluding ortho intramolecular Hbond substituents is 1. The first-order valence-corrected chi connectivity index (χ1v) is 4.98. The smallest absolute Gasteiger partial charge is 0.177 e. The minimum absolute atomic E-state index is 0.226. The van der Waals surface area contributed by atoms with Crippen LogP contribution in [0.1, 0.15) is 0 Å². The molecule has 80 valence electrons. The number of phenols is 1. The maximum atomic E-state index is 9.82. The van der Waals surface area contributed by atoms with E-state index >= 15 is 0 Å². The molecule has 0 atom stereocenters. The molecule has 3 heteroatoms. The fourth-order valence-corrected chi connectivity index (χ4v) is 1.96. The second kappa shape index (κ2) is 3.17. The summed E-state index contributed by atoms with van der Waals surface area (Å²) < 4.78 is 10.9. The van der Waals surface area contributed by atoms with Gasteiger partial charge in [0, 0.05) is 5.39 Å². The minimum atomic E-state index is 0.226. The topological polar surface area (TPSA) is 42.6 Å². The quantitative estimate of drug-likeness (QED) is 0.675. The third-order valence-electron chi connectivity index (χ3n) is 2.68. The molecule has 0 saturated carbocycles. The Hall–Kier alpha value is -2.16. The van der Waals surface area contributed by atoms with Crippen molar-refractivity contribution in [2.45, 2.75) is 0 Å². The summed E-state index contributed by atoms with van der Waals surface area (Å²) in [5.41, 5.74) is 1.33. The number of hydrogen-bond acceptors (Lipinski definition) is 3. The highest BCUT2D eigenvalue weighted by atomic mass is 16.5. The first-order valence-electron chi connectivity index (χ1n) is 4.98. The fraction of sp³-hybridized carbons (Fsp3) is 0.0769. The molecule has 2 aromatic carbocycles. The van der Waals surface area contributed by atoms with E-state index in [4.69, 9.17) is 9.15 Å². The molecule has 1 heterocycles. The van der Waals surface area contributed by atoms with Crippen molar-refractivity contribution in [3.8, 4) is 11.5 Å². The van der Waals surface area contributed by atoms with Gasteiger partial charge >= 0.3 is 0 Å². The SMILES string of the molecule is COc1cccc2c1oc1cccc(O)c12.